The van der Waals surface area contributed by atoms with Crippen molar-refractivity contribution in [2.45, 2.75) is 38.3 Å². The molecule has 0 radical (unpaired) electrons. The molecule has 3 N–H and O–H groups in total. The fourth-order valence-corrected chi connectivity index (χ4v) is 3.86. The number of nitrogens with one attached hydrogen (secondary N) is 1. The zero-order chi connectivity index (χ0) is 19.8. The number of hydrogen-bond donors (Lipinski definition) is 2. The number of amides is 1. The maximum atomic E-state index is 11.8. The predicted molar refractivity (Wildman–Crippen MR) is 113 cm³/mol. The van der Waals surface area contributed by atoms with E-state index in [1.54, 1.807) is 7.11 Å². The lowest BCUT2D eigenvalue weighted by atomic mass is 9.99. The smallest absolute Gasteiger partial charge is 0.221 e. The Labute approximate surface area is 167 Å². The third kappa shape index (κ3) is 5.33. The van der Waals surface area contributed by atoms with Crippen molar-refractivity contribution in [3.63, 3.8) is 0 Å². The molecule has 3 rings (SSSR count). The largest absolute Gasteiger partial charge is 0.496 e. The van der Waals surface area contributed by atoms with Crippen LogP contribution in [0.2, 0.25) is 0 Å². The molecule has 0 aliphatic carbocycles. The van der Waals surface area contributed by atoms with Crippen LogP contribution in [0, 0.1) is 0 Å². The van der Waals surface area contributed by atoms with Crippen molar-refractivity contribution in [3.05, 3.63) is 54.1 Å². The first-order valence-electron chi connectivity index (χ1n) is 10.1. The number of rotatable bonds is 8. The van der Waals surface area contributed by atoms with Crippen LogP contribution in [0.4, 0.5) is 0 Å². The third-order valence-corrected chi connectivity index (χ3v) is 5.41. The van der Waals surface area contributed by atoms with E-state index in [2.05, 4.69) is 40.5 Å². The lowest BCUT2D eigenvalue weighted by Crippen LogP contribution is -2.46. The van der Waals surface area contributed by atoms with Crippen LogP contribution in [-0.2, 0) is 11.3 Å². The molecule has 28 heavy (non-hydrogen) atoms. The van der Waals surface area contributed by atoms with Gasteiger partial charge < -0.3 is 15.8 Å². The molecule has 1 heterocycles. The molecule has 1 amide bonds. The van der Waals surface area contributed by atoms with Gasteiger partial charge in [0, 0.05) is 37.7 Å². The quantitative estimate of drug-likeness (QED) is 0.737. The molecule has 1 atom stereocenters. The summed E-state index contributed by atoms with van der Waals surface area (Å²) in [5.41, 5.74) is 9.02. The van der Waals surface area contributed by atoms with Crippen LogP contribution in [0.1, 0.15) is 31.2 Å². The molecular weight excluding hydrogens is 350 g/mol. The lowest BCUT2D eigenvalue weighted by Gasteiger charge is -2.36. The number of methoxy groups -OCH3 is 1. The zero-order valence-electron chi connectivity index (χ0n) is 16.7. The fourth-order valence-electron chi connectivity index (χ4n) is 3.86. The monoisotopic (exact) mass is 381 g/mol. The van der Waals surface area contributed by atoms with E-state index >= 15 is 0 Å². The van der Waals surface area contributed by atoms with Crippen LogP contribution in [-0.4, -0.2) is 43.6 Å². The van der Waals surface area contributed by atoms with E-state index in [9.17, 15) is 4.79 Å². The molecule has 0 aromatic heterocycles. The van der Waals surface area contributed by atoms with Gasteiger partial charge in [0.15, 0.2) is 0 Å². The minimum Gasteiger partial charge on any atom is -0.496 e. The van der Waals surface area contributed by atoms with Crippen LogP contribution in [0.5, 0.6) is 5.75 Å². The van der Waals surface area contributed by atoms with Crippen molar-refractivity contribution in [1.82, 2.24) is 10.2 Å². The second-order valence-electron chi connectivity index (χ2n) is 7.36. The SMILES string of the molecule is COc1ccccc1-c1ccc(CN2CCCCC2CNC(=O)CCN)cc1. The molecule has 1 fully saturated rings. The van der Waals surface area contributed by atoms with Crippen molar-refractivity contribution in [2.24, 2.45) is 5.73 Å². The van der Waals surface area contributed by atoms with Gasteiger partial charge in [-0.05, 0) is 36.6 Å². The van der Waals surface area contributed by atoms with E-state index < -0.39 is 0 Å². The second kappa shape index (κ2) is 10.2. The number of ether oxygens (including phenoxy) is 1. The summed E-state index contributed by atoms with van der Waals surface area (Å²) in [6, 6.07) is 17.2. The number of nitrogens with zero attached hydrogens (tertiary/aromatic N) is 1. The number of carbonyl (C=O) groups excluding carboxylic acids is 1. The molecule has 1 aliphatic heterocycles. The summed E-state index contributed by atoms with van der Waals surface area (Å²) >= 11 is 0. The molecule has 1 unspecified atom stereocenters. The molecule has 2 aromatic carbocycles. The second-order valence-corrected chi connectivity index (χ2v) is 7.36. The number of para-hydroxylation sites is 1. The van der Waals surface area contributed by atoms with Gasteiger partial charge in [-0.15, -0.1) is 0 Å². The summed E-state index contributed by atoms with van der Waals surface area (Å²) in [6.07, 6.45) is 3.96. The maximum absolute atomic E-state index is 11.8. The molecule has 150 valence electrons. The first-order chi connectivity index (χ1) is 13.7. The van der Waals surface area contributed by atoms with Gasteiger partial charge in [0.1, 0.15) is 5.75 Å². The Hall–Kier alpha value is -2.37. The van der Waals surface area contributed by atoms with Crippen molar-refractivity contribution in [2.75, 3.05) is 26.7 Å². The van der Waals surface area contributed by atoms with E-state index in [0.717, 1.165) is 36.4 Å². The first kappa shape index (κ1) is 20.4. The van der Waals surface area contributed by atoms with Gasteiger partial charge in [-0.25, -0.2) is 0 Å². The normalized spacial score (nSPS) is 17.3. The van der Waals surface area contributed by atoms with Crippen LogP contribution >= 0.6 is 0 Å². The molecule has 0 spiro atoms. The number of hydrogen-bond acceptors (Lipinski definition) is 4. The molecule has 5 heteroatoms. The Balaban J connectivity index is 1.64. The van der Waals surface area contributed by atoms with E-state index in [-0.39, 0.29) is 5.91 Å². The molecular formula is C23H31N3O2. The van der Waals surface area contributed by atoms with Crippen molar-refractivity contribution >= 4 is 5.91 Å². The van der Waals surface area contributed by atoms with Crippen molar-refractivity contribution in [1.29, 1.82) is 0 Å². The third-order valence-electron chi connectivity index (χ3n) is 5.41. The Kier molecular flexibility index (Phi) is 7.46. The van der Waals surface area contributed by atoms with Crippen molar-refractivity contribution in [3.8, 4) is 16.9 Å². The summed E-state index contributed by atoms with van der Waals surface area (Å²) in [6.45, 7) is 3.09. The molecule has 5 nitrogen and oxygen atoms in total. The summed E-state index contributed by atoms with van der Waals surface area (Å²) < 4.78 is 5.48. The minimum absolute atomic E-state index is 0.0502. The standard InChI is InChI=1S/C23H31N3O2/c1-28-22-8-3-2-7-21(22)19-11-9-18(10-12-19)17-26-15-5-4-6-20(26)16-25-23(27)13-14-24/h2-3,7-12,20H,4-6,13-17,24H2,1H3,(H,25,27). The number of benzene rings is 2. The highest BCUT2D eigenvalue weighted by atomic mass is 16.5. The Morgan fingerprint density at radius 2 is 1.96 bits per heavy atom. The summed E-state index contributed by atoms with van der Waals surface area (Å²) in [7, 11) is 1.70. The Morgan fingerprint density at radius 3 is 2.71 bits per heavy atom. The average Bonchev–Trinajstić information content (AvgIpc) is 2.74. The van der Waals surface area contributed by atoms with E-state index in [1.807, 2.05) is 18.2 Å². The van der Waals surface area contributed by atoms with Gasteiger partial charge >= 0.3 is 0 Å². The van der Waals surface area contributed by atoms with E-state index in [0.29, 0.717) is 25.6 Å². The van der Waals surface area contributed by atoms with Crippen LogP contribution in [0.3, 0.4) is 0 Å². The van der Waals surface area contributed by atoms with Gasteiger partial charge in [0.2, 0.25) is 5.91 Å². The molecule has 2 aromatic rings. The lowest BCUT2D eigenvalue weighted by molar-refractivity contribution is -0.121. The zero-order valence-corrected chi connectivity index (χ0v) is 16.7. The summed E-state index contributed by atoms with van der Waals surface area (Å²) in [4.78, 5) is 14.2. The minimum atomic E-state index is 0.0502. The molecule has 0 saturated carbocycles. The van der Waals surface area contributed by atoms with Crippen LogP contribution < -0.4 is 15.8 Å². The highest BCUT2D eigenvalue weighted by molar-refractivity contribution is 5.76. The number of likely N-dealkylation sites (tertiary alicyclic amines) is 1. The number of nitrogens with two attached hydrogens (primary N) is 1. The molecule has 0 bridgehead atoms. The Morgan fingerprint density at radius 1 is 1.18 bits per heavy atom. The highest BCUT2D eigenvalue weighted by Crippen LogP contribution is 2.30. The van der Waals surface area contributed by atoms with Gasteiger partial charge in [0.25, 0.3) is 0 Å². The van der Waals surface area contributed by atoms with Gasteiger partial charge in [0.05, 0.1) is 7.11 Å². The van der Waals surface area contributed by atoms with Crippen LogP contribution in [0.15, 0.2) is 48.5 Å². The van der Waals surface area contributed by atoms with Gasteiger partial charge in [-0.3, -0.25) is 9.69 Å². The first-order valence-corrected chi connectivity index (χ1v) is 10.1. The summed E-state index contributed by atoms with van der Waals surface area (Å²) in [5.74, 6) is 0.939. The fraction of sp³-hybridized carbons (Fsp3) is 0.435. The average molecular weight is 382 g/mol. The highest BCUT2D eigenvalue weighted by Gasteiger charge is 2.22. The predicted octanol–water partition coefficient (Wildman–Crippen LogP) is 3.18. The van der Waals surface area contributed by atoms with Crippen LogP contribution in [0.25, 0.3) is 11.1 Å². The van der Waals surface area contributed by atoms with E-state index in [4.69, 9.17) is 10.5 Å². The van der Waals surface area contributed by atoms with Gasteiger partial charge in [-0.1, -0.05) is 48.9 Å². The molecule has 1 saturated heterocycles. The maximum Gasteiger partial charge on any atom is 0.221 e. The Bertz CT molecular complexity index is 761. The topological polar surface area (TPSA) is 67.6 Å². The molecule has 1 aliphatic rings. The summed E-state index contributed by atoms with van der Waals surface area (Å²) in [5, 5.41) is 3.04. The number of carbonyl (C=O) groups is 1. The van der Waals surface area contributed by atoms with Crippen molar-refractivity contribution < 1.29 is 9.53 Å². The number of piperidine rings is 1. The van der Waals surface area contributed by atoms with Gasteiger partial charge in [-0.2, -0.15) is 0 Å². The van der Waals surface area contributed by atoms with E-state index in [1.165, 1.54) is 18.4 Å².